The Kier molecular flexibility index (Phi) is 14.0. The van der Waals surface area contributed by atoms with Crippen LogP contribution < -0.4 is 0 Å². The maximum atomic E-state index is 12.6. The van der Waals surface area contributed by atoms with Gasteiger partial charge in [-0.1, -0.05) is 103 Å². The number of carbonyl (C=O) groups is 4. The van der Waals surface area contributed by atoms with Crippen molar-refractivity contribution in [2.24, 2.45) is 11.8 Å². The molecule has 44 heavy (non-hydrogen) atoms. The summed E-state index contributed by atoms with van der Waals surface area (Å²) in [5.74, 6) is -1.94. The molecular weight excluding hydrogens is 552 g/mol. The van der Waals surface area contributed by atoms with E-state index in [4.69, 9.17) is 9.47 Å². The lowest BCUT2D eigenvalue weighted by molar-refractivity contribution is 0.0376. The Hall–Kier alpha value is -4.06. The summed E-state index contributed by atoms with van der Waals surface area (Å²) in [4.78, 5) is 50.3. The molecule has 0 aliphatic carbocycles. The quantitative estimate of drug-likeness (QED) is 0.121. The monoisotopic (exact) mass is 598 g/mol. The molecule has 234 valence electrons. The van der Waals surface area contributed by atoms with Crippen molar-refractivity contribution < 1.29 is 28.7 Å². The van der Waals surface area contributed by atoms with Crippen molar-refractivity contribution in [3.63, 3.8) is 0 Å². The Balaban J connectivity index is 1.51. The predicted molar refractivity (Wildman–Crippen MR) is 173 cm³/mol. The highest BCUT2D eigenvalue weighted by Crippen LogP contribution is 2.21. The lowest BCUT2D eigenvalue weighted by Crippen LogP contribution is -2.15. The van der Waals surface area contributed by atoms with E-state index < -0.39 is 23.9 Å². The second kappa shape index (κ2) is 17.9. The first-order chi connectivity index (χ1) is 21.3. The third kappa shape index (κ3) is 10.6. The number of rotatable bonds is 16. The van der Waals surface area contributed by atoms with E-state index in [1.807, 2.05) is 24.3 Å². The van der Waals surface area contributed by atoms with Crippen molar-refractivity contribution >= 4 is 23.9 Å². The van der Waals surface area contributed by atoms with Gasteiger partial charge in [-0.3, -0.25) is 0 Å². The molecule has 0 aliphatic heterocycles. The number of ether oxygens (including phenoxy) is 2. The van der Waals surface area contributed by atoms with Gasteiger partial charge in [0.1, 0.15) is 0 Å². The van der Waals surface area contributed by atoms with E-state index in [9.17, 15) is 19.2 Å². The van der Waals surface area contributed by atoms with Crippen LogP contribution in [0.25, 0.3) is 0 Å². The Bertz CT molecular complexity index is 1250. The lowest BCUT2D eigenvalue weighted by Gasteiger charge is -2.14. The second-order valence-electron chi connectivity index (χ2n) is 11.6. The van der Waals surface area contributed by atoms with Gasteiger partial charge in [-0.15, -0.1) is 0 Å². The van der Waals surface area contributed by atoms with Gasteiger partial charge in [-0.25, -0.2) is 19.2 Å². The largest absolute Gasteiger partial charge is 0.386 e. The van der Waals surface area contributed by atoms with E-state index in [2.05, 4.69) is 27.7 Å². The highest BCUT2D eigenvalue weighted by molar-refractivity contribution is 6.04. The van der Waals surface area contributed by atoms with E-state index in [1.165, 1.54) is 62.8 Å². The molecule has 0 heterocycles. The zero-order chi connectivity index (χ0) is 31.9. The lowest BCUT2D eigenvalue weighted by atomic mass is 9.92. The van der Waals surface area contributed by atoms with Gasteiger partial charge in [0.25, 0.3) is 0 Å². The number of carbonyl (C=O) groups excluding carboxylic acids is 4. The molecule has 0 saturated heterocycles. The van der Waals surface area contributed by atoms with E-state index in [0.29, 0.717) is 11.8 Å². The van der Waals surface area contributed by atoms with Gasteiger partial charge in [0, 0.05) is 0 Å². The maximum absolute atomic E-state index is 12.6. The highest BCUT2D eigenvalue weighted by Gasteiger charge is 2.19. The first kappa shape index (κ1) is 34.4. The van der Waals surface area contributed by atoms with Crippen molar-refractivity contribution in [2.75, 3.05) is 0 Å². The highest BCUT2D eigenvalue weighted by atomic mass is 16.6. The summed E-state index contributed by atoms with van der Waals surface area (Å²) in [5, 5.41) is 0. The molecule has 2 atom stereocenters. The molecule has 0 saturated carbocycles. The Morgan fingerprint density at radius 3 is 1.00 bits per heavy atom. The van der Waals surface area contributed by atoms with Crippen molar-refractivity contribution in [1.82, 2.24) is 0 Å². The standard InChI is InChI=1S/C38H46O6/c1-5-9-11-27(7-3)25-29-13-17-31(18-14-29)35(39)43-37(41)33-21-23-34(24-22-33)38(42)44-36(40)32-19-15-30(16-20-32)26-28(8-4)12-10-6-2/h13-24,27-28H,5-12,25-26H2,1-4H3. The first-order valence-electron chi connectivity index (χ1n) is 16.1. The molecule has 0 radical (unpaired) electrons. The Morgan fingerprint density at radius 2 is 0.750 bits per heavy atom. The summed E-state index contributed by atoms with van der Waals surface area (Å²) in [5.41, 5.74) is 3.07. The number of unbranched alkanes of at least 4 members (excludes halogenated alkanes) is 2. The van der Waals surface area contributed by atoms with Crippen LogP contribution in [0.15, 0.2) is 72.8 Å². The molecule has 3 aromatic rings. The summed E-state index contributed by atoms with van der Waals surface area (Å²) in [6, 6.07) is 19.8. The average Bonchev–Trinajstić information content (AvgIpc) is 3.05. The molecule has 0 fully saturated rings. The molecule has 6 nitrogen and oxygen atoms in total. The van der Waals surface area contributed by atoms with Crippen molar-refractivity contribution in [1.29, 1.82) is 0 Å². The maximum Gasteiger partial charge on any atom is 0.346 e. The molecular formula is C38H46O6. The van der Waals surface area contributed by atoms with Gasteiger partial charge in [0.15, 0.2) is 0 Å². The van der Waals surface area contributed by atoms with Crippen LogP contribution >= 0.6 is 0 Å². The molecule has 0 spiro atoms. The summed E-state index contributed by atoms with van der Waals surface area (Å²) < 4.78 is 10.1. The molecule has 3 aromatic carbocycles. The summed E-state index contributed by atoms with van der Waals surface area (Å²) >= 11 is 0. The fourth-order valence-corrected chi connectivity index (χ4v) is 5.25. The van der Waals surface area contributed by atoms with Crippen LogP contribution in [0.4, 0.5) is 0 Å². The molecule has 0 aliphatic rings. The average molecular weight is 599 g/mol. The van der Waals surface area contributed by atoms with Gasteiger partial charge >= 0.3 is 23.9 Å². The van der Waals surface area contributed by atoms with Crippen LogP contribution in [0.5, 0.6) is 0 Å². The van der Waals surface area contributed by atoms with E-state index in [-0.39, 0.29) is 22.3 Å². The van der Waals surface area contributed by atoms with Crippen LogP contribution in [0, 0.1) is 11.8 Å². The van der Waals surface area contributed by atoms with Gasteiger partial charge in [-0.05, 0) is 84.3 Å². The smallest absolute Gasteiger partial charge is 0.346 e. The van der Waals surface area contributed by atoms with Crippen molar-refractivity contribution in [2.45, 2.75) is 91.9 Å². The topological polar surface area (TPSA) is 86.7 Å². The normalized spacial score (nSPS) is 12.3. The minimum atomic E-state index is -0.833. The fourth-order valence-electron chi connectivity index (χ4n) is 5.25. The zero-order valence-electron chi connectivity index (χ0n) is 26.6. The summed E-state index contributed by atoms with van der Waals surface area (Å²) in [6.07, 6.45) is 11.3. The number of hydrogen-bond donors (Lipinski definition) is 0. The summed E-state index contributed by atoms with van der Waals surface area (Å²) in [7, 11) is 0. The van der Waals surface area contributed by atoms with Gasteiger partial charge in [0.05, 0.1) is 22.3 Å². The van der Waals surface area contributed by atoms with Gasteiger partial charge < -0.3 is 9.47 Å². The second-order valence-corrected chi connectivity index (χ2v) is 11.6. The fraction of sp³-hybridized carbons (Fsp3) is 0.421. The Morgan fingerprint density at radius 1 is 0.477 bits per heavy atom. The third-order valence-corrected chi connectivity index (χ3v) is 8.24. The molecule has 6 heteroatoms. The zero-order valence-corrected chi connectivity index (χ0v) is 26.6. The molecule has 3 rings (SSSR count). The van der Waals surface area contributed by atoms with Crippen molar-refractivity contribution in [3.05, 3.63) is 106 Å². The first-order valence-corrected chi connectivity index (χ1v) is 16.1. The van der Waals surface area contributed by atoms with Crippen molar-refractivity contribution in [3.8, 4) is 0 Å². The summed E-state index contributed by atoms with van der Waals surface area (Å²) in [6.45, 7) is 8.78. The third-order valence-electron chi connectivity index (χ3n) is 8.24. The number of hydrogen-bond acceptors (Lipinski definition) is 6. The van der Waals surface area contributed by atoms with Crippen LogP contribution in [0.1, 0.15) is 132 Å². The van der Waals surface area contributed by atoms with Gasteiger partial charge in [-0.2, -0.15) is 0 Å². The van der Waals surface area contributed by atoms with Crippen LogP contribution in [0.2, 0.25) is 0 Å². The minimum absolute atomic E-state index is 0.0967. The predicted octanol–water partition coefficient (Wildman–Crippen LogP) is 9.20. The SMILES string of the molecule is CCCCC(CC)Cc1ccc(C(=O)OC(=O)c2ccc(C(=O)OC(=O)c3ccc(CC(CC)CCCC)cc3)cc2)cc1. The van der Waals surface area contributed by atoms with E-state index in [0.717, 1.165) is 36.8 Å². The minimum Gasteiger partial charge on any atom is -0.386 e. The van der Waals surface area contributed by atoms with Gasteiger partial charge in [0.2, 0.25) is 0 Å². The number of benzene rings is 3. The Labute approximate surface area is 262 Å². The van der Waals surface area contributed by atoms with E-state index in [1.54, 1.807) is 24.3 Å². The molecule has 0 bridgehead atoms. The molecule has 0 amide bonds. The van der Waals surface area contributed by atoms with Crippen LogP contribution in [-0.2, 0) is 22.3 Å². The van der Waals surface area contributed by atoms with E-state index >= 15 is 0 Å². The van der Waals surface area contributed by atoms with Crippen LogP contribution in [0.3, 0.4) is 0 Å². The molecule has 0 aromatic heterocycles. The number of esters is 4. The molecule has 0 N–H and O–H groups in total. The van der Waals surface area contributed by atoms with Crippen LogP contribution in [-0.4, -0.2) is 23.9 Å². The molecule has 2 unspecified atom stereocenters.